The van der Waals surface area contributed by atoms with Crippen LogP contribution in [0, 0.1) is 17.8 Å². The monoisotopic (exact) mass is 268 g/mol. The summed E-state index contributed by atoms with van der Waals surface area (Å²) in [5.41, 5.74) is -0.171. The maximum Gasteiger partial charge on any atom is 0.199 e. The number of aliphatic hydroxyl groups is 2. The molecule has 2 unspecified atom stereocenters. The number of hydrogen-bond donors (Lipinski definition) is 2. The largest absolute Gasteiger partial charge is 0.511 e. The Kier molecular flexibility index (Phi) is 5.29. The molecule has 0 spiro atoms. The van der Waals surface area contributed by atoms with Crippen LogP contribution in [-0.4, -0.2) is 27.9 Å². The van der Waals surface area contributed by atoms with Crippen LogP contribution in [0.2, 0.25) is 0 Å². The minimum Gasteiger partial charge on any atom is -0.511 e. The van der Waals surface area contributed by atoms with Crippen LogP contribution in [-0.2, 0) is 9.59 Å². The summed E-state index contributed by atoms with van der Waals surface area (Å²) >= 11 is 0. The van der Waals surface area contributed by atoms with Crippen LogP contribution in [0.4, 0.5) is 0 Å². The number of aliphatic hydroxyl groups excluding tert-OH is 2. The van der Waals surface area contributed by atoms with Crippen LogP contribution in [0.25, 0.3) is 0 Å². The number of hydrogen-bond acceptors (Lipinski definition) is 4. The van der Waals surface area contributed by atoms with Gasteiger partial charge < -0.3 is 10.2 Å². The van der Waals surface area contributed by atoms with Gasteiger partial charge in [0.1, 0.15) is 17.4 Å². The molecular formula is C15H24O4. The standard InChI is InChI=1S/C15H24O4/c1-5-9(4)12(16)11-13(17)10(7-6-8(2)3)14(18)15(11)19/h8-10,14,16,18H,5-7H2,1-4H3/t9?,10-,14?/m1/s1. The van der Waals surface area contributed by atoms with Gasteiger partial charge in [-0.3, -0.25) is 9.59 Å². The lowest BCUT2D eigenvalue weighted by Crippen LogP contribution is -2.23. The zero-order valence-electron chi connectivity index (χ0n) is 12.1. The number of allylic oxidation sites excluding steroid dienone is 1. The van der Waals surface area contributed by atoms with E-state index in [1.165, 1.54) is 0 Å². The Morgan fingerprint density at radius 2 is 1.79 bits per heavy atom. The normalized spacial score (nSPS) is 28.1. The minimum atomic E-state index is -1.28. The Morgan fingerprint density at radius 3 is 2.26 bits per heavy atom. The van der Waals surface area contributed by atoms with Gasteiger partial charge in [-0.05, 0) is 18.8 Å². The lowest BCUT2D eigenvalue weighted by atomic mass is 9.93. The molecule has 3 atom stereocenters. The summed E-state index contributed by atoms with van der Waals surface area (Å²) < 4.78 is 0. The Morgan fingerprint density at radius 1 is 1.21 bits per heavy atom. The second kappa shape index (κ2) is 6.33. The molecule has 2 N–H and O–H groups in total. The maximum atomic E-state index is 12.2. The van der Waals surface area contributed by atoms with Crippen molar-refractivity contribution in [2.75, 3.05) is 0 Å². The Hall–Kier alpha value is -1.16. The number of carbonyl (C=O) groups is 2. The van der Waals surface area contributed by atoms with Gasteiger partial charge in [0.05, 0.1) is 5.92 Å². The van der Waals surface area contributed by atoms with Gasteiger partial charge in [0.15, 0.2) is 11.6 Å². The van der Waals surface area contributed by atoms with Gasteiger partial charge >= 0.3 is 0 Å². The van der Waals surface area contributed by atoms with E-state index >= 15 is 0 Å². The van der Waals surface area contributed by atoms with E-state index in [2.05, 4.69) is 0 Å². The molecule has 1 saturated carbocycles. The molecule has 4 heteroatoms. The maximum absolute atomic E-state index is 12.2. The van der Waals surface area contributed by atoms with Crippen LogP contribution in [0.15, 0.2) is 11.3 Å². The van der Waals surface area contributed by atoms with Crippen LogP contribution in [0.3, 0.4) is 0 Å². The Balaban J connectivity index is 2.99. The van der Waals surface area contributed by atoms with Crippen LogP contribution >= 0.6 is 0 Å². The second-order valence-electron chi connectivity index (χ2n) is 5.82. The Labute approximate surface area is 114 Å². The van der Waals surface area contributed by atoms with Gasteiger partial charge in [-0.1, -0.05) is 34.1 Å². The fourth-order valence-electron chi connectivity index (χ4n) is 2.27. The van der Waals surface area contributed by atoms with Crippen LogP contribution in [0.5, 0.6) is 0 Å². The van der Waals surface area contributed by atoms with Gasteiger partial charge in [0.25, 0.3) is 0 Å². The topological polar surface area (TPSA) is 74.6 Å². The molecule has 108 valence electrons. The molecule has 0 aromatic rings. The molecule has 1 aliphatic rings. The lowest BCUT2D eigenvalue weighted by molar-refractivity contribution is -0.124. The third-order valence-corrected chi connectivity index (χ3v) is 3.87. The molecule has 0 bridgehead atoms. The van der Waals surface area contributed by atoms with Crippen molar-refractivity contribution in [2.24, 2.45) is 17.8 Å². The zero-order valence-corrected chi connectivity index (χ0v) is 12.1. The number of carbonyl (C=O) groups excluding carboxylic acids is 2. The van der Waals surface area contributed by atoms with Crippen molar-refractivity contribution < 1.29 is 19.8 Å². The van der Waals surface area contributed by atoms with E-state index in [4.69, 9.17) is 0 Å². The summed E-state index contributed by atoms with van der Waals surface area (Å²) in [4.78, 5) is 24.1. The SMILES string of the molecule is CCC(C)C(O)=C1C(=O)C(O)[C@H](CCC(C)C)C1=O. The van der Waals surface area contributed by atoms with Crippen molar-refractivity contribution in [3.63, 3.8) is 0 Å². The average molecular weight is 268 g/mol. The summed E-state index contributed by atoms with van der Waals surface area (Å²) in [5, 5.41) is 19.9. The predicted molar refractivity (Wildman–Crippen MR) is 72.7 cm³/mol. The van der Waals surface area contributed by atoms with Crippen molar-refractivity contribution in [3.8, 4) is 0 Å². The number of Topliss-reactive ketones (excluding diaryl/α,β-unsaturated/α-hetero) is 2. The third-order valence-electron chi connectivity index (χ3n) is 3.87. The van der Waals surface area contributed by atoms with Crippen molar-refractivity contribution >= 4 is 11.6 Å². The first-order valence-electron chi connectivity index (χ1n) is 7.00. The highest BCUT2D eigenvalue weighted by atomic mass is 16.3. The van der Waals surface area contributed by atoms with E-state index in [0.29, 0.717) is 18.8 Å². The summed E-state index contributed by atoms with van der Waals surface area (Å²) in [6.45, 7) is 7.69. The van der Waals surface area contributed by atoms with E-state index in [1.807, 2.05) is 20.8 Å². The molecular weight excluding hydrogens is 244 g/mol. The summed E-state index contributed by atoms with van der Waals surface area (Å²) in [6.07, 6.45) is 0.619. The van der Waals surface area contributed by atoms with Crippen molar-refractivity contribution in [1.82, 2.24) is 0 Å². The molecule has 0 aromatic carbocycles. The molecule has 0 amide bonds. The van der Waals surface area contributed by atoms with Crippen molar-refractivity contribution in [2.45, 2.75) is 53.1 Å². The van der Waals surface area contributed by atoms with Crippen LogP contribution < -0.4 is 0 Å². The smallest absolute Gasteiger partial charge is 0.199 e. The van der Waals surface area contributed by atoms with Gasteiger partial charge in [-0.2, -0.15) is 0 Å². The highest BCUT2D eigenvalue weighted by Gasteiger charge is 2.46. The van der Waals surface area contributed by atoms with E-state index < -0.39 is 23.6 Å². The summed E-state index contributed by atoms with van der Waals surface area (Å²) in [7, 11) is 0. The van der Waals surface area contributed by atoms with E-state index in [1.54, 1.807) is 6.92 Å². The van der Waals surface area contributed by atoms with Crippen LogP contribution in [0.1, 0.15) is 47.0 Å². The average Bonchev–Trinajstić information content (AvgIpc) is 2.56. The first-order chi connectivity index (χ1) is 8.81. The molecule has 1 rings (SSSR count). The predicted octanol–water partition coefficient (Wildman–Crippen LogP) is 2.41. The quantitative estimate of drug-likeness (QED) is 0.456. The molecule has 0 aliphatic heterocycles. The van der Waals surface area contributed by atoms with E-state index in [-0.39, 0.29) is 17.3 Å². The molecule has 1 fully saturated rings. The number of ketones is 2. The van der Waals surface area contributed by atoms with E-state index in [0.717, 1.165) is 6.42 Å². The third kappa shape index (κ3) is 3.24. The second-order valence-corrected chi connectivity index (χ2v) is 5.82. The zero-order chi connectivity index (χ0) is 14.7. The van der Waals surface area contributed by atoms with Gasteiger partial charge in [0.2, 0.25) is 0 Å². The Bertz CT molecular complexity index is 395. The van der Waals surface area contributed by atoms with Gasteiger partial charge in [-0.25, -0.2) is 0 Å². The minimum absolute atomic E-state index is 0.163. The molecule has 0 heterocycles. The fourth-order valence-corrected chi connectivity index (χ4v) is 2.27. The first-order valence-corrected chi connectivity index (χ1v) is 7.00. The highest BCUT2D eigenvalue weighted by Crippen LogP contribution is 2.32. The molecule has 4 nitrogen and oxygen atoms in total. The summed E-state index contributed by atoms with van der Waals surface area (Å²) in [5.74, 6) is -1.68. The van der Waals surface area contributed by atoms with Gasteiger partial charge in [0, 0.05) is 5.92 Å². The highest BCUT2D eigenvalue weighted by molar-refractivity contribution is 6.28. The first kappa shape index (κ1) is 15.9. The lowest BCUT2D eigenvalue weighted by Gasteiger charge is -2.12. The van der Waals surface area contributed by atoms with Crippen molar-refractivity contribution in [3.05, 3.63) is 11.3 Å². The number of rotatable bonds is 5. The molecule has 1 aliphatic carbocycles. The van der Waals surface area contributed by atoms with Gasteiger partial charge in [-0.15, -0.1) is 0 Å². The summed E-state index contributed by atoms with van der Waals surface area (Å²) in [6, 6.07) is 0. The molecule has 0 saturated heterocycles. The fraction of sp³-hybridized carbons (Fsp3) is 0.733. The molecule has 0 radical (unpaired) electrons. The van der Waals surface area contributed by atoms with Crippen molar-refractivity contribution in [1.29, 1.82) is 0 Å². The molecule has 19 heavy (non-hydrogen) atoms. The van der Waals surface area contributed by atoms with E-state index in [9.17, 15) is 19.8 Å². The molecule has 0 aromatic heterocycles.